The van der Waals surface area contributed by atoms with Gasteiger partial charge in [-0.3, -0.25) is 0 Å². The number of nitrogens with two attached hydrogens (primary N) is 1. The zero-order valence-corrected chi connectivity index (χ0v) is 21.9. The smallest absolute Gasteiger partial charge is 0.227 e. The third-order valence-corrected chi connectivity index (χ3v) is 7.99. The molecule has 0 radical (unpaired) electrons. The Morgan fingerprint density at radius 1 is 1.05 bits per heavy atom. The minimum Gasteiger partial charge on any atom is -0.488 e. The molecule has 0 amide bonds. The highest BCUT2D eigenvalue weighted by atomic mass is 32.2. The van der Waals surface area contributed by atoms with Gasteiger partial charge in [0.1, 0.15) is 22.8 Å². The summed E-state index contributed by atoms with van der Waals surface area (Å²) in [5.74, 6) is 1.16. The predicted octanol–water partition coefficient (Wildman–Crippen LogP) is 3.73. The molecule has 3 aromatic rings. The van der Waals surface area contributed by atoms with Crippen molar-refractivity contribution in [3.05, 3.63) is 54.7 Å². The summed E-state index contributed by atoms with van der Waals surface area (Å²) in [4.78, 5) is 12.1. The molecule has 2 aromatic carbocycles. The van der Waals surface area contributed by atoms with Crippen LogP contribution in [0.1, 0.15) is 25.7 Å². The maximum absolute atomic E-state index is 12.7. The van der Waals surface area contributed by atoms with E-state index in [0.717, 1.165) is 73.8 Å². The Morgan fingerprint density at radius 3 is 2.54 bits per heavy atom. The molecule has 0 spiro atoms. The first-order valence-corrected chi connectivity index (χ1v) is 13.9. The SMILES string of the molecule is CN1CCC(NS(=O)c2ccc(Nc3nccc(-c4ccc(OC5CCOCC5)c(N)c4)n3)cc2)CC1. The fourth-order valence-electron chi connectivity index (χ4n) is 4.50. The summed E-state index contributed by atoms with van der Waals surface area (Å²) in [5.41, 5.74) is 9.32. The van der Waals surface area contributed by atoms with Crippen LogP contribution < -0.4 is 20.5 Å². The standard InChI is InChI=1S/C27H34N6O3S/c1-33-14-9-21(10-15-33)32-37(34)23-5-3-20(4-6-23)30-27-29-13-8-25(31-27)19-2-7-26(24(28)18-19)36-22-11-16-35-17-12-22/h2-8,13,18,21-22,32H,9-12,14-17,28H2,1H3,(H,29,30,31). The molecule has 5 rings (SSSR count). The monoisotopic (exact) mass is 522 g/mol. The fraction of sp³-hybridized carbons (Fsp3) is 0.407. The summed E-state index contributed by atoms with van der Waals surface area (Å²) < 4.78 is 27.5. The minimum absolute atomic E-state index is 0.130. The van der Waals surface area contributed by atoms with Gasteiger partial charge in [-0.25, -0.2) is 18.9 Å². The Morgan fingerprint density at radius 2 is 1.81 bits per heavy atom. The number of benzene rings is 2. The summed E-state index contributed by atoms with van der Waals surface area (Å²) in [6, 6.07) is 15.4. The van der Waals surface area contributed by atoms with Crippen LogP contribution in [0.25, 0.3) is 11.3 Å². The second kappa shape index (κ2) is 12.0. The lowest BCUT2D eigenvalue weighted by molar-refractivity contribution is 0.0259. The molecule has 0 bridgehead atoms. The molecular weight excluding hydrogens is 488 g/mol. The summed E-state index contributed by atoms with van der Waals surface area (Å²) in [5, 5.41) is 3.23. The summed E-state index contributed by atoms with van der Waals surface area (Å²) >= 11 is 0. The molecule has 9 nitrogen and oxygen atoms in total. The molecule has 0 saturated carbocycles. The van der Waals surface area contributed by atoms with Crippen LogP contribution in [-0.2, 0) is 15.7 Å². The van der Waals surface area contributed by atoms with Gasteiger partial charge in [-0.05, 0) is 81.5 Å². The van der Waals surface area contributed by atoms with Crippen LogP contribution in [0.5, 0.6) is 5.75 Å². The van der Waals surface area contributed by atoms with Crippen LogP contribution in [0, 0.1) is 0 Å². The van der Waals surface area contributed by atoms with E-state index < -0.39 is 11.0 Å². The third-order valence-electron chi connectivity index (χ3n) is 6.74. The molecule has 0 aliphatic carbocycles. The van der Waals surface area contributed by atoms with Crippen LogP contribution in [0.3, 0.4) is 0 Å². The summed E-state index contributed by atoms with van der Waals surface area (Å²) in [7, 11) is 0.880. The minimum atomic E-state index is -1.24. The largest absolute Gasteiger partial charge is 0.488 e. The van der Waals surface area contributed by atoms with Crippen molar-refractivity contribution in [2.75, 3.05) is 44.4 Å². The number of hydrogen-bond acceptors (Lipinski definition) is 8. The molecule has 10 heteroatoms. The van der Waals surface area contributed by atoms with E-state index in [0.29, 0.717) is 17.4 Å². The van der Waals surface area contributed by atoms with Crippen LogP contribution in [0.2, 0.25) is 0 Å². The highest BCUT2D eigenvalue weighted by Gasteiger charge is 2.19. The number of hydrogen-bond donors (Lipinski definition) is 3. The molecule has 1 unspecified atom stereocenters. The molecule has 4 N–H and O–H groups in total. The number of piperidine rings is 1. The Kier molecular flexibility index (Phi) is 8.30. The normalized spacial score (nSPS) is 18.4. The lowest BCUT2D eigenvalue weighted by Gasteiger charge is -2.29. The molecule has 1 atom stereocenters. The quantitative estimate of drug-likeness (QED) is 0.384. The van der Waals surface area contributed by atoms with Gasteiger partial charge < -0.3 is 25.4 Å². The van der Waals surface area contributed by atoms with Gasteiger partial charge in [0, 0.05) is 36.3 Å². The van der Waals surface area contributed by atoms with E-state index in [4.69, 9.17) is 15.2 Å². The molecule has 2 aliphatic heterocycles. The van der Waals surface area contributed by atoms with E-state index in [2.05, 4.69) is 32.0 Å². The van der Waals surface area contributed by atoms with Gasteiger partial charge in [-0.1, -0.05) is 0 Å². The number of nitrogens with zero attached hydrogens (tertiary/aromatic N) is 3. The number of ether oxygens (including phenoxy) is 2. The van der Waals surface area contributed by atoms with Crippen LogP contribution in [-0.4, -0.2) is 64.6 Å². The average Bonchev–Trinajstić information content (AvgIpc) is 2.92. The van der Waals surface area contributed by atoms with Gasteiger partial charge in [0.05, 0.1) is 29.5 Å². The van der Waals surface area contributed by atoms with Crippen molar-refractivity contribution >= 4 is 28.3 Å². The maximum atomic E-state index is 12.7. The molecular formula is C27H34N6O3S. The van der Waals surface area contributed by atoms with Crippen molar-refractivity contribution in [2.24, 2.45) is 0 Å². The van der Waals surface area contributed by atoms with E-state index in [-0.39, 0.29) is 12.1 Å². The first-order valence-electron chi connectivity index (χ1n) is 12.7. The van der Waals surface area contributed by atoms with Crippen molar-refractivity contribution in [3.63, 3.8) is 0 Å². The number of aromatic nitrogens is 2. The molecule has 2 saturated heterocycles. The van der Waals surface area contributed by atoms with E-state index in [9.17, 15) is 4.21 Å². The van der Waals surface area contributed by atoms with E-state index in [1.165, 1.54) is 0 Å². The lowest BCUT2D eigenvalue weighted by atomic mass is 10.1. The van der Waals surface area contributed by atoms with E-state index in [1.54, 1.807) is 6.20 Å². The van der Waals surface area contributed by atoms with Crippen LogP contribution in [0.4, 0.5) is 17.3 Å². The van der Waals surface area contributed by atoms with Gasteiger partial charge in [-0.2, -0.15) is 0 Å². The zero-order valence-electron chi connectivity index (χ0n) is 21.1. The number of likely N-dealkylation sites (tertiary alicyclic amines) is 1. The second-order valence-electron chi connectivity index (χ2n) is 9.56. The van der Waals surface area contributed by atoms with Crippen molar-refractivity contribution in [1.82, 2.24) is 19.6 Å². The van der Waals surface area contributed by atoms with Crippen LogP contribution in [0.15, 0.2) is 59.6 Å². The fourth-order valence-corrected chi connectivity index (χ4v) is 5.56. The van der Waals surface area contributed by atoms with Gasteiger partial charge >= 0.3 is 0 Å². The average molecular weight is 523 g/mol. The molecule has 3 heterocycles. The number of rotatable bonds is 8. The summed E-state index contributed by atoms with van der Waals surface area (Å²) in [6.07, 6.45) is 5.59. The van der Waals surface area contributed by atoms with E-state index in [1.807, 2.05) is 48.5 Å². The Labute approximate surface area is 220 Å². The molecule has 37 heavy (non-hydrogen) atoms. The predicted molar refractivity (Wildman–Crippen MR) is 146 cm³/mol. The van der Waals surface area contributed by atoms with Gasteiger partial charge in [0.2, 0.25) is 5.95 Å². The topological polar surface area (TPSA) is 115 Å². The first kappa shape index (κ1) is 25.6. The second-order valence-corrected chi connectivity index (χ2v) is 10.8. The lowest BCUT2D eigenvalue weighted by Crippen LogP contribution is -2.41. The number of anilines is 3. The highest BCUT2D eigenvalue weighted by molar-refractivity contribution is 7.83. The third kappa shape index (κ3) is 6.84. The first-order chi connectivity index (χ1) is 18.0. The van der Waals surface area contributed by atoms with Crippen molar-refractivity contribution in [1.29, 1.82) is 0 Å². The number of nitrogens with one attached hydrogen (secondary N) is 2. The zero-order chi connectivity index (χ0) is 25.6. The molecule has 196 valence electrons. The molecule has 2 fully saturated rings. The number of nitrogen functional groups attached to an aromatic ring is 1. The Hall–Kier alpha value is -3.05. The van der Waals surface area contributed by atoms with Gasteiger partial charge in [0.25, 0.3) is 0 Å². The Bertz CT molecular complexity index is 1210. The Balaban J connectivity index is 1.20. The van der Waals surface area contributed by atoms with Crippen molar-refractivity contribution in [2.45, 2.75) is 42.7 Å². The summed E-state index contributed by atoms with van der Waals surface area (Å²) in [6.45, 7) is 3.49. The molecule has 1 aromatic heterocycles. The molecule has 2 aliphatic rings. The highest BCUT2D eigenvalue weighted by Crippen LogP contribution is 2.30. The van der Waals surface area contributed by atoms with Gasteiger partial charge in [-0.15, -0.1) is 0 Å². The van der Waals surface area contributed by atoms with Gasteiger partial charge in [0.15, 0.2) is 0 Å². The van der Waals surface area contributed by atoms with Crippen LogP contribution >= 0.6 is 0 Å². The van der Waals surface area contributed by atoms with Crippen molar-refractivity contribution < 1.29 is 13.7 Å². The van der Waals surface area contributed by atoms with E-state index >= 15 is 0 Å². The van der Waals surface area contributed by atoms with Crippen molar-refractivity contribution in [3.8, 4) is 17.0 Å². The maximum Gasteiger partial charge on any atom is 0.227 e.